The van der Waals surface area contributed by atoms with Gasteiger partial charge >= 0.3 is 6.18 Å². The molecule has 0 aromatic heterocycles. The molecule has 0 saturated heterocycles. The van der Waals surface area contributed by atoms with Crippen molar-refractivity contribution in [1.82, 2.24) is 4.90 Å². The Morgan fingerprint density at radius 3 is 1.87 bits per heavy atom. The molecular weight excluding hydrogens is 205 g/mol. The third-order valence-corrected chi connectivity index (χ3v) is 2.71. The number of likely N-dealkylation sites (N-methyl/N-ethyl adjacent to an activating group) is 1. The van der Waals surface area contributed by atoms with Gasteiger partial charge < -0.3 is 5.73 Å². The number of hydrogen-bond donors (Lipinski definition) is 1. The van der Waals surface area contributed by atoms with Crippen molar-refractivity contribution < 1.29 is 13.2 Å². The predicted octanol–water partition coefficient (Wildman–Crippen LogP) is 2.38. The summed E-state index contributed by atoms with van der Waals surface area (Å²) >= 11 is 0. The Hall–Kier alpha value is -0.290. The fourth-order valence-electron chi connectivity index (χ4n) is 1.81. The van der Waals surface area contributed by atoms with E-state index in [9.17, 15) is 13.2 Å². The van der Waals surface area contributed by atoms with Crippen molar-refractivity contribution in [2.24, 2.45) is 5.73 Å². The minimum Gasteiger partial charge on any atom is -0.326 e. The van der Waals surface area contributed by atoms with Crippen molar-refractivity contribution in [2.75, 3.05) is 6.54 Å². The molecule has 0 aliphatic heterocycles. The number of rotatable bonds is 5. The molecule has 0 saturated carbocycles. The fraction of sp³-hybridized carbons (Fsp3) is 1.00. The van der Waals surface area contributed by atoms with Gasteiger partial charge in [0, 0.05) is 12.1 Å². The van der Waals surface area contributed by atoms with Crippen molar-refractivity contribution in [3.8, 4) is 0 Å². The van der Waals surface area contributed by atoms with Gasteiger partial charge in [-0.05, 0) is 26.8 Å². The van der Waals surface area contributed by atoms with Gasteiger partial charge in [-0.1, -0.05) is 13.8 Å². The molecule has 0 aliphatic rings. The molecule has 92 valence electrons. The van der Waals surface area contributed by atoms with Crippen LogP contribution in [0.3, 0.4) is 0 Å². The van der Waals surface area contributed by atoms with E-state index >= 15 is 0 Å². The summed E-state index contributed by atoms with van der Waals surface area (Å²) in [6.07, 6.45) is -3.57. The Kier molecular flexibility index (Phi) is 5.59. The van der Waals surface area contributed by atoms with Crippen molar-refractivity contribution >= 4 is 0 Å². The Balaban J connectivity index is 4.87. The number of nitrogens with two attached hydrogens (primary N) is 1. The number of alkyl halides is 3. The normalized spacial score (nSPS) is 19.0. The summed E-state index contributed by atoms with van der Waals surface area (Å²) in [6, 6.07) is -2.55. The van der Waals surface area contributed by atoms with Crippen LogP contribution in [-0.2, 0) is 0 Å². The van der Waals surface area contributed by atoms with E-state index in [0.717, 1.165) is 0 Å². The second-order valence-electron chi connectivity index (χ2n) is 3.93. The van der Waals surface area contributed by atoms with Gasteiger partial charge in [0.25, 0.3) is 0 Å². The quantitative estimate of drug-likeness (QED) is 0.780. The molecule has 0 radical (unpaired) electrons. The van der Waals surface area contributed by atoms with Crippen LogP contribution in [0.2, 0.25) is 0 Å². The first-order valence-corrected chi connectivity index (χ1v) is 5.33. The van der Waals surface area contributed by atoms with Gasteiger partial charge in [-0.15, -0.1) is 0 Å². The molecule has 0 amide bonds. The number of nitrogens with zero attached hydrogens (tertiary/aromatic N) is 1. The SMILES string of the molecule is CCC(C)N(CC)C(C(C)N)C(F)(F)F. The van der Waals surface area contributed by atoms with Crippen molar-refractivity contribution in [3.63, 3.8) is 0 Å². The standard InChI is InChI=1S/C10H21F3N2/c1-5-7(3)15(6-2)9(8(4)14)10(11,12)13/h7-9H,5-6,14H2,1-4H3. The van der Waals surface area contributed by atoms with Gasteiger partial charge in [0.2, 0.25) is 0 Å². The van der Waals surface area contributed by atoms with Crippen molar-refractivity contribution in [1.29, 1.82) is 0 Å². The molecule has 5 heteroatoms. The second kappa shape index (κ2) is 5.70. The first-order valence-electron chi connectivity index (χ1n) is 5.33. The van der Waals surface area contributed by atoms with Crippen LogP contribution >= 0.6 is 0 Å². The minimum absolute atomic E-state index is 0.104. The first-order chi connectivity index (χ1) is 6.75. The van der Waals surface area contributed by atoms with Crippen molar-refractivity contribution in [2.45, 2.75) is 58.4 Å². The maximum atomic E-state index is 12.8. The average molecular weight is 226 g/mol. The maximum Gasteiger partial charge on any atom is 0.405 e. The first kappa shape index (κ1) is 14.7. The molecular formula is C10H21F3N2. The van der Waals surface area contributed by atoms with Gasteiger partial charge in [0.1, 0.15) is 6.04 Å². The topological polar surface area (TPSA) is 29.3 Å². The zero-order valence-corrected chi connectivity index (χ0v) is 9.80. The van der Waals surface area contributed by atoms with Gasteiger partial charge in [0.15, 0.2) is 0 Å². The van der Waals surface area contributed by atoms with Gasteiger partial charge in [-0.3, -0.25) is 4.90 Å². The second-order valence-corrected chi connectivity index (χ2v) is 3.93. The van der Waals surface area contributed by atoms with Crippen LogP contribution in [0.5, 0.6) is 0 Å². The third kappa shape index (κ3) is 3.99. The van der Waals surface area contributed by atoms with E-state index in [1.165, 1.54) is 11.8 Å². The predicted molar refractivity (Wildman–Crippen MR) is 55.6 cm³/mol. The molecule has 3 unspecified atom stereocenters. The lowest BCUT2D eigenvalue weighted by molar-refractivity contribution is -0.193. The molecule has 0 bridgehead atoms. The molecule has 0 fully saturated rings. The zero-order valence-electron chi connectivity index (χ0n) is 9.80. The molecule has 3 atom stereocenters. The van der Waals surface area contributed by atoms with Gasteiger partial charge in [-0.2, -0.15) is 13.2 Å². The highest BCUT2D eigenvalue weighted by atomic mass is 19.4. The Labute approximate surface area is 89.6 Å². The summed E-state index contributed by atoms with van der Waals surface area (Å²) in [5, 5.41) is 0. The van der Waals surface area contributed by atoms with Crippen molar-refractivity contribution in [3.05, 3.63) is 0 Å². The summed E-state index contributed by atoms with van der Waals surface area (Å²) < 4.78 is 38.3. The van der Waals surface area contributed by atoms with Crippen LogP contribution in [0, 0.1) is 0 Å². The van der Waals surface area contributed by atoms with E-state index in [4.69, 9.17) is 5.73 Å². The Morgan fingerprint density at radius 2 is 1.67 bits per heavy atom. The molecule has 2 N–H and O–H groups in total. The van der Waals surface area contributed by atoms with Crippen LogP contribution in [0.4, 0.5) is 13.2 Å². The summed E-state index contributed by atoms with van der Waals surface area (Å²) in [4.78, 5) is 1.42. The largest absolute Gasteiger partial charge is 0.405 e. The molecule has 0 aliphatic carbocycles. The lowest BCUT2D eigenvalue weighted by atomic mass is 10.1. The molecule has 0 heterocycles. The maximum absolute atomic E-state index is 12.8. The smallest absolute Gasteiger partial charge is 0.326 e. The molecule has 0 aromatic carbocycles. The highest BCUT2D eigenvalue weighted by Crippen LogP contribution is 2.28. The van der Waals surface area contributed by atoms with Crippen LogP contribution in [-0.4, -0.2) is 35.7 Å². The van der Waals surface area contributed by atoms with E-state index in [1.807, 2.05) is 6.92 Å². The van der Waals surface area contributed by atoms with Crippen LogP contribution in [0.25, 0.3) is 0 Å². The Bertz CT molecular complexity index is 180. The molecule has 0 aromatic rings. The summed E-state index contributed by atoms with van der Waals surface area (Å²) in [5.41, 5.74) is 5.43. The van der Waals surface area contributed by atoms with E-state index < -0.39 is 18.3 Å². The minimum atomic E-state index is -4.26. The highest BCUT2D eigenvalue weighted by Gasteiger charge is 2.46. The third-order valence-electron chi connectivity index (χ3n) is 2.71. The van der Waals surface area contributed by atoms with E-state index in [1.54, 1.807) is 13.8 Å². The average Bonchev–Trinajstić information content (AvgIpc) is 2.09. The Morgan fingerprint density at radius 1 is 1.20 bits per heavy atom. The van der Waals surface area contributed by atoms with Gasteiger partial charge in [0.05, 0.1) is 0 Å². The van der Waals surface area contributed by atoms with Crippen LogP contribution < -0.4 is 5.73 Å². The summed E-state index contributed by atoms with van der Waals surface area (Å²) in [6.45, 7) is 7.17. The van der Waals surface area contributed by atoms with Crippen LogP contribution in [0.1, 0.15) is 34.1 Å². The molecule has 2 nitrogen and oxygen atoms in total. The lowest BCUT2D eigenvalue weighted by Crippen LogP contribution is -2.57. The lowest BCUT2D eigenvalue weighted by Gasteiger charge is -2.38. The number of hydrogen-bond acceptors (Lipinski definition) is 2. The molecule has 15 heavy (non-hydrogen) atoms. The van der Waals surface area contributed by atoms with E-state index in [2.05, 4.69) is 0 Å². The fourth-order valence-corrected chi connectivity index (χ4v) is 1.81. The monoisotopic (exact) mass is 226 g/mol. The molecule has 0 rings (SSSR count). The highest BCUT2D eigenvalue weighted by molar-refractivity contribution is 4.87. The zero-order chi connectivity index (χ0) is 12.2. The van der Waals surface area contributed by atoms with E-state index in [0.29, 0.717) is 13.0 Å². The summed E-state index contributed by atoms with van der Waals surface area (Å²) in [5.74, 6) is 0. The van der Waals surface area contributed by atoms with Crippen LogP contribution in [0.15, 0.2) is 0 Å². The van der Waals surface area contributed by atoms with Gasteiger partial charge in [-0.25, -0.2) is 0 Å². The number of halogens is 3. The van der Waals surface area contributed by atoms with E-state index in [-0.39, 0.29) is 6.04 Å². The summed E-state index contributed by atoms with van der Waals surface area (Å²) in [7, 11) is 0. The molecule has 0 spiro atoms.